The minimum atomic E-state index is -1.69. The number of thioether (sulfide) groups is 1. The van der Waals surface area contributed by atoms with Crippen LogP contribution in [0.1, 0.15) is 13.8 Å². The molecule has 0 aliphatic carbocycles. The number of rotatable bonds is 4. The second-order valence-corrected chi connectivity index (χ2v) is 5.26. The summed E-state index contributed by atoms with van der Waals surface area (Å²) in [5.74, 6) is -4.49. The molecule has 4 N–H and O–H groups in total. The number of nitrogens with two attached hydrogens (primary N) is 1. The summed E-state index contributed by atoms with van der Waals surface area (Å²) in [6.45, 7) is 2.57. The Hall–Kier alpha value is -1.08. The first-order valence-electron chi connectivity index (χ1n) is 4.16. The average Bonchev–Trinajstić information content (AvgIpc) is 2.70. The number of carboxylic acid groups (broad SMARTS) is 2. The van der Waals surface area contributed by atoms with E-state index in [9.17, 15) is 14.4 Å². The van der Waals surface area contributed by atoms with Crippen molar-refractivity contribution in [1.82, 2.24) is 0 Å². The molecule has 1 aliphatic rings. The Labute approximate surface area is 89.8 Å². The zero-order chi connectivity index (χ0) is 12.0. The molecular weight excluding hydrogens is 222 g/mol. The van der Waals surface area contributed by atoms with Crippen LogP contribution >= 0.6 is 11.8 Å². The molecule has 84 valence electrons. The number of ketones is 1. The van der Waals surface area contributed by atoms with Crippen molar-refractivity contribution in [2.75, 3.05) is 0 Å². The summed E-state index contributed by atoms with van der Waals surface area (Å²) in [6, 6.07) is 0. The summed E-state index contributed by atoms with van der Waals surface area (Å²) in [4.78, 5) is 31.3. The highest BCUT2D eigenvalue weighted by Crippen LogP contribution is 2.61. The predicted octanol–water partition coefficient (Wildman–Crippen LogP) is -0.479. The molecule has 1 fully saturated rings. The molecule has 0 radical (unpaired) electrons. The number of Topliss-reactive ketones (excluding diaryl/α,β-unsaturated/α-hetero) is 1. The Morgan fingerprint density at radius 2 is 1.80 bits per heavy atom. The van der Waals surface area contributed by atoms with E-state index in [1.54, 1.807) is 0 Å². The lowest BCUT2D eigenvalue weighted by molar-refractivity contribution is -0.148. The molecule has 0 aromatic heterocycles. The number of aliphatic carboxylic acids is 2. The van der Waals surface area contributed by atoms with E-state index in [4.69, 9.17) is 15.9 Å². The topological polar surface area (TPSA) is 118 Å². The summed E-state index contributed by atoms with van der Waals surface area (Å²) in [5, 5.41) is 17.4. The van der Waals surface area contributed by atoms with Gasteiger partial charge in [0.15, 0.2) is 10.7 Å². The molecule has 0 bridgehead atoms. The molecule has 3 unspecified atom stereocenters. The fourth-order valence-electron chi connectivity index (χ4n) is 1.30. The van der Waals surface area contributed by atoms with E-state index >= 15 is 0 Å². The van der Waals surface area contributed by atoms with Crippen LogP contribution in [0.15, 0.2) is 0 Å². The van der Waals surface area contributed by atoms with Crippen molar-refractivity contribution in [3.05, 3.63) is 0 Å². The van der Waals surface area contributed by atoms with Gasteiger partial charge in [0.1, 0.15) is 10.7 Å². The summed E-state index contributed by atoms with van der Waals surface area (Å²) >= 11 is 0.769. The number of carbonyl (C=O) groups excluding carboxylic acids is 1. The van der Waals surface area contributed by atoms with Crippen molar-refractivity contribution in [3.8, 4) is 0 Å². The summed E-state index contributed by atoms with van der Waals surface area (Å²) in [5.41, 5.74) is 5.46. The van der Waals surface area contributed by atoms with Gasteiger partial charge in [-0.2, -0.15) is 0 Å². The predicted molar refractivity (Wildman–Crippen MR) is 52.4 cm³/mol. The standard InChI is InChI=1S/C8H11NO5S/c1-3(5(11)12)4(10)7(2)8(9,15-7)6(13)14/h3H,9H2,1-2H3,(H,11,12)(H,13,14). The van der Waals surface area contributed by atoms with Crippen LogP contribution in [0.4, 0.5) is 0 Å². The largest absolute Gasteiger partial charge is 0.481 e. The highest BCUT2D eigenvalue weighted by molar-refractivity contribution is 8.11. The Kier molecular flexibility index (Phi) is 2.56. The van der Waals surface area contributed by atoms with E-state index in [0.717, 1.165) is 11.8 Å². The maximum atomic E-state index is 11.6. The number of hydrogen-bond acceptors (Lipinski definition) is 5. The first-order chi connectivity index (χ1) is 6.67. The van der Waals surface area contributed by atoms with Crippen LogP contribution < -0.4 is 5.73 Å². The van der Waals surface area contributed by atoms with E-state index in [2.05, 4.69) is 0 Å². The molecule has 0 saturated carbocycles. The monoisotopic (exact) mass is 233 g/mol. The highest BCUT2D eigenvalue weighted by Gasteiger charge is 2.74. The molecule has 1 aliphatic heterocycles. The second-order valence-electron chi connectivity index (χ2n) is 3.60. The second kappa shape index (κ2) is 3.21. The average molecular weight is 233 g/mol. The molecule has 15 heavy (non-hydrogen) atoms. The van der Waals surface area contributed by atoms with Crippen molar-refractivity contribution in [1.29, 1.82) is 0 Å². The molecule has 0 aromatic carbocycles. The van der Waals surface area contributed by atoms with Gasteiger partial charge in [0.2, 0.25) is 0 Å². The van der Waals surface area contributed by atoms with Crippen molar-refractivity contribution in [2.45, 2.75) is 23.5 Å². The maximum absolute atomic E-state index is 11.6. The van der Waals surface area contributed by atoms with Gasteiger partial charge in [0, 0.05) is 0 Å². The molecule has 7 heteroatoms. The Bertz CT molecular complexity index is 357. The zero-order valence-corrected chi connectivity index (χ0v) is 9.00. The Balaban J connectivity index is 2.89. The van der Waals surface area contributed by atoms with Crippen molar-refractivity contribution >= 4 is 29.5 Å². The third kappa shape index (κ3) is 1.51. The minimum absolute atomic E-state index is 0.662. The molecule has 0 amide bonds. The highest BCUT2D eigenvalue weighted by atomic mass is 32.2. The fraction of sp³-hybridized carbons (Fsp3) is 0.625. The number of carbonyl (C=O) groups is 3. The lowest BCUT2D eigenvalue weighted by Gasteiger charge is -2.13. The van der Waals surface area contributed by atoms with Gasteiger partial charge in [-0.25, -0.2) is 4.79 Å². The minimum Gasteiger partial charge on any atom is -0.481 e. The van der Waals surface area contributed by atoms with Crippen molar-refractivity contribution in [3.63, 3.8) is 0 Å². The fourth-order valence-corrected chi connectivity index (χ4v) is 2.45. The van der Waals surface area contributed by atoms with Crippen LogP contribution in [0, 0.1) is 5.92 Å². The van der Waals surface area contributed by atoms with Gasteiger partial charge in [0.05, 0.1) is 0 Å². The van der Waals surface area contributed by atoms with Crippen LogP contribution in [0.25, 0.3) is 0 Å². The van der Waals surface area contributed by atoms with E-state index in [-0.39, 0.29) is 0 Å². The van der Waals surface area contributed by atoms with E-state index in [1.165, 1.54) is 13.8 Å². The van der Waals surface area contributed by atoms with Crippen LogP contribution in [0.5, 0.6) is 0 Å². The molecule has 3 atom stereocenters. The van der Waals surface area contributed by atoms with Gasteiger partial charge in [-0.05, 0) is 13.8 Å². The third-order valence-corrected chi connectivity index (χ3v) is 4.22. The quantitative estimate of drug-likeness (QED) is 0.443. The molecule has 1 saturated heterocycles. The SMILES string of the molecule is CC(C(=O)O)C(=O)C1(C)SC1(N)C(=O)O. The molecule has 1 heterocycles. The Morgan fingerprint density at radius 1 is 1.33 bits per heavy atom. The van der Waals surface area contributed by atoms with Gasteiger partial charge >= 0.3 is 11.9 Å². The summed E-state index contributed by atoms with van der Waals surface area (Å²) in [6.07, 6.45) is 0. The molecule has 0 aromatic rings. The van der Waals surface area contributed by atoms with Crippen LogP contribution in [0.2, 0.25) is 0 Å². The van der Waals surface area contributed by atoms with Gasteiger partial charge in [0.25, 0.3) is 0 Å². The number of carboxylic acids is 2. The molecule has 1 rings (SSSR count). The van der Waals surface area contributed by atoms with Gasteiger partial charge in [-0.15, -0.1) is 11.8 Å². The van der Waals surface area contributed by atoms with Crippen LogP contribution in [-0.2, 0) is 14.4 Å². The first kappa shape index (κ1) is 12.0. The van der Waals surface area contributed by atoms with Gasteiger partial charge < -0.3 is 15.9 Å². The maximum Gasteiger partial charge on any atom is 0.336 e. The summed E-state index contributed by atoms with van der Waals surface area (Å²) in [7, 11) is 0. The van der Waals surface area contributed by atoms with Crippen LogP contribution in [0.3, 0.4) is 0 Å². The van der Waals surface area contributed by atoms with Crippen LogP contribution in [-0.4, -0.2) is 37.6 Å². The molecule has 6 nitrogen and oxygen atoms in total. The normalized spacial score (nSPS) is 35.7. The van der Waals surface area contributed by atoms with Gasteiger partial charge in [-0.1, -0.05) is 0 Å². The first-order valence-corrected chi connectivity index (χ1v) is 4.98. The Morgan fingerprint density at radius 3 is 2.07 bits per heavy atom. The van der Waals surface area contributed by atoms with Gasteiger partial charge in [-0.3, -0.25) is 9.59 Å². The van der Waals surface area contributed by atoms with Crippen molar-refractivity contribution < 1.29 is 24.6 Å². The lowest BCUT2D eigenvalue weighted by atomic mass is 9.90. The molecular formula is C8H11NO5S. The zero-order valence-electron chi connectivity index (χ0n) is 8.18. The van der Waals surface area contributed by atoms with E-state index < -0.39 is 33.3 Å². The lowest BCUT2D eigenvalue weighted by Crippen LogP contribution is -2.47. The number of hydrogen-bond donors (Lipinski definition) is 3. The van der Waals surface area contributed by atoms with E-state index in [0.29, 0.717) is 0 Å². The van der Waals surface area contributed by atoms with E-state index in [1.807, 2.05) is 0 Å². The van der Waals surface area contributed by atoms with Crippen molar-refractivity contribution in [2.24, 2.45) is 11.7 Å². The smallest absolute Gasteiger partial charge is 0.336 e. The summed E-state index contributed by atoms with van der Waals surface area (Å²) < 4.78 is -1.34. The molecule has 0 spiro atoms. The third-order valence-electron chi connectivity index (χ3n) is 2.58.